The van der Waals surface area contributed by atoms with Crippen molar-refractivity contribution in [1.29, 1.82) is 0 Å². The zero-order valence-electron chi connectivity index (χ0n) is 10.8. The van der Waals surface area contributed by atoms with Crippen LogP contribution in [0.3, 0.4) is 0 Å². The van der Waals surface area contributed by atoms with E-state index in [9.17, 15) is 0 Å². The van der Waals surface area contributed by atoms with Crippen molar-refractivity contribution >= 4 is 11.3 Å². The van der Waals surface area contributed by atoms with Crippen LogP contribution in [0.2, 0.25) is 0 Å². The van der Waals surface area contributed by atoms with Gasteiger partial charge in [0.15, 0.2) is 0 Å². The van der Waals surface area contributed by atoms with Crippen molar-refractivity contribution in [3.63, 3.8) is 0 Å². The maximum atomic E-state index is 4.66. The first-order valence-electron chi connectivity index (χ1n) is 5.79. The summed E-state index contributed by atoms with van der Waals surface area (Å²) in [6.07, 6.45) is 0. The summed E-state index contributed by atoms with van der Waals surface area (Å²) in [7, 11) is 1.95. The Hall–Kier alpha value is -1.19. The number of aryl methyl sites for hydroxylation is 3. The molecule has 1 N–H and O–H groups in total. The molecule has 0 saturated carbocycles. The number of thiazole rings is 1. The lowest BCUT2D eigenvalue weighted by atomic mass is 9.99. The van der Waals surface area contributed by atoms with Gasteiger partial charge in [0.25, 0.3) is 0 Å². The fourth-order valence-electron chi connectivity index (χ4n) is 1.90. The third-order valence-electron chi connectivity index (χ3n) is 3.00. The number of nitrogens with zero attached hydrogens (tertiary/aromatic N) is 1. The van der Waals surface area contributed by atoms with Crippen molar-refractivity contribution in [3.05, 3.63) is 39.2 Å². The van der Waals surface area contributed by atoms with Gasteiger partial charge in [-0.2, -0.15) is 0 Å². The SMILES string of the molecule is CNCc1nc(-c2cc(C)c(C)cc2C)cs1. The molecule has 3 heteroatoms. The van der Waals surface area contributed by atoms with E-state index in [1.807, 2.05) is 7.05 Å². The van der Waals surface area contributed by atoms with E-state index in [2.05, 4.69) is 48.6 Å². The summed E-state index contributed by atoms with van der Waals surface area (Å²) in [6, 6.07) is 4.48. The minimum absolute atomic E-state index is 0.842. The van der Waals surface area contributed by atoms with Crippen LogP contribution in [0.15, 0.2) is 17.5 Å². The predicted molar refractivity (Wildman–Crippen MR) is 74.5 cm³/mol. The Labute approximate surface area is 107 Å². The first-order valence-corrected chi connectivity index (χ1v) is 6.67. The lowest BCUT2D eigenvalue weighted by Gasteiger charge is -2.07. The average Bonchev–Trinajstić information content (AvgIpc) is 2.72. The van der Waals surface area contributed by atoms with Crippen LogP contribution in [0.4, 0.5) is 0 Å². The zero-order chi connectivity index (χ0) is 12.4. The topological polar surface area (TPSA) is 24.9 Å². The molecule has 2 rings (SSSR count). The van der Waals surface area contributed by atoms with Gasteiger partial charge in [-0.15, -0.1) is 11.3 Å². The molecule has 1 aromatic carbocycles. The molecule has 0 saturated heterocycles. The van der Waals surface area contributed by atoms with E-state index in [0.717, 1.165) is 17.2 Å². The number of hydrogen-bond donors (Lipinski definition) is 1. The van der Waals surface area contributed by atoms with Crippen molar-refractivity contribution in [2.45, 2.75) is 27.3 Å². The Morgan fingerprint density at radius 2 is 1.82 bits per heavy atom. The summed E-state index contributed by atoms with van der Waals surface area (Å²) < 4.78 is 0. The summed E-state index contributed by atoms with van der Waals surface area (Å²) >= 11 is 1.71. The van der Waals surface area contributed by atoms with Gasteiger partial charge in [0.1, 0.15) is 5.01 Å². The smallest absolute Gasteiger partial charge is 0.107 e. The predicted octanol–water partition coefficient (Wildman–Crippen LogP) is 3.45. The third kappa shape index (κ3) is 2.56. The van der Waals surface area contributed by atoms with Crippen LogP contribution < -0.4 is 5.32 Å². The number of nitrogens with one attached hydrogen (secondary N) is 1. The Bertz CT molecular complexity index is 529. The molecule has 0 atom stereocenters. The standard InChI is InChI=1S/C14H18N2S/c1-9-5-11(3)12(6-10(9)2)13-8-17-14(16-13)7-15-4/h5-6,8,15H,7H2,1-4H3. The monoisotopic (exact) mass is 246 g/mol. The molecule has 0 aliphatic carbocycles. The van der Waals surface area contributed by atoms with Gasteiger partial charge in [-0.05, 0) is 50.6 Å². The van der Waals surface area contributed by atoms with E-state index in [1.165, 1.54) is 22.3 Å². The van der Waals surface area contributed by atoms with Crippen LogP contribution in [-0.4, -0.2) is 12.0 Å². The third-order valence-corrected chi connectivity index (χ3v) is 3.85. The van der Waals surface area contributed by atoms with Gasteiger partial charge < -0.3 is 5.32 Å². The molecule has 0 bridgehead atoms. The van der Waals surface area contributed by atoms with Gasteiger partial charge in [0.2, 0.25) is 0 Å². The van der Waals surface area contributed by atoms with E-state index < -0.39 is 0 Å². The first-order chi connectivity index (χ1) is 8.11. The number of aromatic nitrogens is 1. The summed E-state index contributed by atoms with van der Waals surface area (Å²) in [6.45, 7) is 7.30. The summed E-state index contributed by atoms with van der Waals surface area (Å²) in [4.78, 5) is 4.66. The van der Waals surface area contributed by atoms with Gasteiger partial charge >= 0.3 is 0 Å². The highest BCUT2D eigenvalue weighted by atomic mass is 32.1. The Morgan fingerprint density at radius 3 is 2.53 bits per heavy atom. The summed E-state index contributed by atoms with van der Waals surface area (Å²) in [5, 5.41) is 6.41. The fourth-order valence-corrected chi connectivity index (χ4v) is 2.71. The van der Waals surface area contributed by atoms with Crippen LogP contribution in [0.25, 0.3) is 11.3 Å². The van der Waals surface area contributed by atoms with E-state index in [0.29, 0.717) is 0 Å². The molecule has 1 aromatic heterocycles. The molecule has 0 fully saturated rings. The minimum atomic E-state index is 0.842. The molecule has 0 aliphatic rings. The second-order valence-corrected chi connectivity index (χ2v) is 5.35. The summed E-state index contributed by atoms with van der Waals surface area (Å²) in [5.74, 6) is 0. The van der Waals surface area contributed by atoms with Crippen molar-refractivity contribution in [1.82, 2.24) is 10.3 Å². The second-order valence-electron chi connectivity index (χ2n) is 4.41. The fraction of sp³-hybridized carbons (Fsp3) is 0.357. The highest BCUT2D eigenvalue weighted by Crippen LogP contribution is 2.27. The molecule has 2 aromatic rings. The first kappa shape index (κ1) is 12.3. The molecule has 1 heterocycles. The molecule has 0 aliphatic heterocycles. The molecular weight excluding hydrogens is 228 g/mol. The molecular formula is C14H18N2S. The second kappa shape index (κ2) is 4.98. The molecule has 0 amide bonds. The van der Waals surface area contributed by atoms with Gasteiger partial charge in [-0.25, -0.2) is 4.98 Å². The zero-order valence-corrected chi connectivity index (χ0v) is 11.6. The van der Waals surface area contributed by atoms with Crippen LogP contribution in [0.1, 0.15) is 21.7 Å². The van der Waals surface area contributed by atoms with Gasteiger partial charge in [-0.3, -0.25) is 0 Å². The molecule has 0 spiro atoms. The summed E-state index contributed by atoms with van der Waals surface area (Å²) in [5.41, 5.74) is 6.33. The Morgan fingerprint density at radius 1 is 1.12 bits per heavy atom. The van der Waals surface area contributed by atoms with Gasteiger partial charge in [0, 0.05) is 17.5 Å². The molecule has 2 nitrogen and oxygen atoms in total. The van der Waals surface area contributed by atoms with Crippen LogP contribution >= 0.6 is 11.3 Å². The van der Waals surface area contributed by atoms with Crippen LogP contribution in [0.5, 0.6) is 0 Å². The number of benzene rings is 1. The largest absolute Gasteiger partial charge is 0.314 e. The van der Waals surface area contributed by atoms with Crippen molar-refractivity contribution in [3.8, 4) is 11.3 Å². The Kier molecular flexibility index (Phi) is 3.60. The minimum Gasteiger partial charge on any atom is -0.314 e. The highest BCUT2D eigenvalue weighted by molar-refractivity contribution is 7.09. The van der Waals surface area contributed by atoms with Gasteiger partial charge in [-0.1, -0.05) is 6.07 Å². The number of rotatable bonds is 3. The molecule has 0 radical (unpaired) electrons. The van der Waals surface area contributed by atoms with Crippen LogP contribution in [0, 0.1) is 20.8 Å². The van der Waals surface area contributed by atoms with E-state index >= 15 is 0 Å². The van der Waals surface area contributed by atoms with E-state index in [-0.39, 0.29) is 0 Å². The molecule has 90 valence electrons. The van der Waals surface area contributed by atoms with Crippen molar-refractivity contribution in [2.75, 3.05) is 7.05 Å². The maximum Gasteiger partial charge on any atom is 0.107 e. The normalized spacial score (nSPS) is 10.8. The average molecular weight is 246 g/mol. The van der Waals surface area contributed by atoms with Crippen LogP contribution in [-0.2, 0) is 6.54 Å². The maximum absolute atomic E-state index is 4.66. The lowest BCUT2D eigenvalue weighted by Crippen LogP contribution is -2.04. The van der Waals surface area contributed by atoms with Crippen molar-refractivity contribution < 1.29 is 0 Å². The van der Waals surface area contributed by atoms with Crippen molar-refractivity contribution in [2.24, 2.45) is 0 Å². The molecule has 17 heavy (non-hydrogen) atoms. The quantitative estimate of drug-likeness (QED) is 0.897. The van der Waals surface area contributed by atoms with E-state index in [4.69, 9.17) is 0 Å². The number of hydrogen-bond acceptors (Lipinski definition) is 3. The Balaban J connectivity index is 2.41. The highest BCUT2D eigenvalue weighted by Gasteiger charge is 2.08. The lowest BCUT2D eigenvalue weighted by molar-refractivity contribution is 0.810. The molecule has 0 unspecified atom stereocenters. The van der Waals surface area contributed by atoms with E-state index in [1.54, 1.807) is 11.3 Å². The van der Waals surface area contributed by atoms with Gasteiger partial charge in [0.05, 0.1) is 5.69 Å².